The van der Waals surface area contributed by atoms with Crippen LogP contribution in [0, 0.1) is 11.8 Å². The van der Waals surface area contributed by atoms with Gasteiger partial charge in [-0.15, -0.1) is 0 Å². The van der Waals surface area contributed by atoms with Crippen molar-refractivity contribution < 1.29 is 9.59 Å². The average molecular weight is 315 g/mol. The quantitative estimate of drug-likeness (QED) is 0.877. The third-order valence-corrected chi connectivity index (χ3v) is 4.50. The van der Waals surface area contributed by atoms with E-state index in [0.717, 1.165) is 18.8 Å². The first-order valence-electron chi connectivity index (χ1n) is 8.51. The molecular weight excluding hydrogens is 290 g/mol. The van der Waals surface area contributed by atoms with Gasteiger partial charge in [0.1, 0.15) is 0 Å². The van der Waals surface area contributed by atoms with E-state index in [-0.39, 0.29) is 29.7 Å². The number of amides is 2. The van der Waals surface area contributed by atoms with E-state index in [2.05, 4.69) is 27.7 Å². The van der Waals surface area contributed by atoms with Gasteiger partial charge in [-0.2, -0.15) is 0 Å². The van der Waals surface area contributed by atoms with E-state index in [4.69, 9.17) is 0 Å². The Morgan fingerprint density at radius 1 is 1.04 bits per heavy atom. The second-order valence-electron chi connectivity index (χ2n) is 6.84. The molecule has 1 aliphatic carbocycles. The molecule has 2 amide bonds. The van der Waals surface area contributed by atoms with Gasteiger partial charge in [0, 0.05) is 30.5 Å². The minimum atomic E-state index is -0.188. The first-order valence-corrected chi connectivity index (χ1v) is 8.51. The van der Waals surface area contributed by atoms with Crippen LogP contribution >= 0.6 is 0 Å². The number of nitrogens with zero attached hydrogens (tertiary/aromatic N) is 1. The third kappa shape index (κ3) is 3.84. The molecule has 2 aliphatic rings. The van der Waals surface area contributed by atoms with Crippen LogP contribution in [0.25, 0.3) is 0 Å². The Kier molecular flexibility index (Phi) is 4.55. The van der Waals surface area contributed by atoms with Gasteiger partial charge in [0.2, 0.25) is 11.8 Å². The summed E-state index contributed by atoms with van der Waals surface area (Å²) < 4.78 is 0. The average Bonchev–Trinajstić information content (AvgIpc) is 3.14. The largest absolute Gasteiger partial charge is 0.372 e. The van der Waals surface area contributed by atoms with Gasteiger partial charge in [0.15, 0.2) is 0 Å². The molecule has 1 aromatic rings. The predicted molar refractivity (Wildman–Crippen MR) is 91.4 cm³/mol. The monoisotopic (exact) mass is 315 g/mol. The summed E-state index contributed by atoms with van der Waals surface area (Å²) in [5, 5.41) is 5.79. The maximum atomic E-state index is 12.2. The van der Waals surface area contributed by atoms with Crippen molar-refractivity contribution in [2.45, 2.75) is 39.2 Å². The highest BCUT2D eigenvalue weighted by Gasteiger charge is 2.48. The van der Waals surface area contributed by atoms with Gasteiger partial charge in [-0.3, -0.25) is 9.59 Å². The van der Waals surface area contributed by atoms with E-state index >= 15 is 0 Å². The van der Waals surface area contributed by atoms with Crippen molar-refractivity contribution in [2.75, 3.05) is 23.3 Å². The Labute approximate surface area is 137 Å². The van der Waals surface area contributed by atoms with Crippen LogP contribution in [0.4, 0.5) is 11.4 Å². The van der Waals surface area contributed by atoms with E-state index in [9.17, 15) is 9.59 Å². The molecule has 0 radical (unpaired) electrons. The van der Waals surface area contributed by atoms with Crippen molar-refractivity contribution >= 4 is 23.2 Å². The van der Waals surface area contributed by atoms with Crippen LogP contribution in [0.2, 0.25) is 0 Å². The molecule has 2 N–H and O–H groups in total. The van der Waals surface area contributed by atoms with Crippen LogP contribution in [0.3, 0.4) is 0 Å². The van der Waals surface area contributed by atoms with E-state index in [0.29, 0.717) is 6.42 Å². The number of nitrogens with one attached hydrogen (secondary N) is 2. The van der Waals surface area contributed by atoms with Crippen LogP contribution in [0.15, 0.2) is 24.3 Å². The van der Waals surface area contributed by atoms with Crippen molar-refractivity contribution in [3.63, 3.8) is 0 Å². The molecule has 23 heavy (non-hydrogen) atoms. The summed E-state index contributed by atoms with van der Waals surface area (Å²) in [6, 6.07) is 8.10. The number of anilines is 2. The van der Waals surface area contributed by atoms with Crippen LogP contribution in [-0.2, 0) is 9.59 Å². The number of rotatable bonds is 5. The Hall–Kier alpha value is -2.04. The highest BCUT2D eigenvalue weighted by atomic mass is 16.2. The predicted octanol–water partition coefficient (Wildman–Crippen LogP) is 2.39. The topological polar surface area (TPSA) is 61.4 Å². The van der Waals surface area contributed by atoms with Crippen molar-refractivity contribution in [1.29, 1.82) is 0 Å². The molecule has 0 aromatic heterocycles. The molecule has 1 aromatic carbocycles. The standard InChI is InChI=1S/C18H25N3O2/c1-12(2)19-17(22)15-11-16(15)18(23)20-13-5-7-14(8-6-13)21-9-3-4-10-21/h5-8,12,15-16H,3-4,9-11H2,1-2H3,(H,19,22)(H,20,23). The number of hydrogen-bond acceptors (Lipinski definition) is 3. The van der Waals surface area contributed by atoms with Crippen LogP contribution in [0.1, 0.15) is 33.1 Å². The summed E-state index contributed by atoms with van der Waals surface area (Å²) in [4.78, 5) is 26.5. The number of hydrogen-bond donors (Lipinski definition) is 2. The van der Waals surface area contributed by atoms with Gasteiger partial charge in [-0.05, 0) is 57.4 Å². The lowest BCUT2D eigenvalue weighted by molar-refractivity contribution is -0.125. The normalized spacial score (nSPS) is 23.0. The molecule has 1 heterocycles. The van der Waals surface area contributed by atoms with Crippen molar-refractivity contribution in [1.82, 2.24) is 5.32 Å². The lowest BCUT2D eigenvalue weighted by Gasteiger charge is -2.17. The molecule has 3 rings (SSSR count). The van der Waals surface area contributed by atoms with Crippen LogP contribution in [0.5, 0.6) is 0 Å². The summed E-state index contributed by atoms with van der Waals surface area (Å²) in [7, 11) is 0. The first-order chi connectivity index (χ1) is 11.0. The Morgan fingerprint density at radius 2 is 1.65 bits per heavy atom. The van der Waals surface area contributed by atoms with E-state index in [1.165, 1.54) is 18.5 Å². The molecule has 0 spiro atoms. The minimum absolute atomic E-state index is 0.00969. The molecule has 0 bridgehead atoms. The summed E-state index contributed by atoms with van der Waals surface area (Å²) in [6.07, 6.45) is 3.15. The zero-order valence-electron chi connectivity index (χ0n) is 13.8. The number of carbonyl (C=O) groups excluding carboxylic acids is 2. The van der Waals surface area contributed by atoms with Gasteiger partial charge >= 0.3 is 0 Å². The second-order valence-corrected chi connectivity index (χ2v) is 6.84. The smallest absolute Gasteiger partial charge is 0.228 e. The third-order valence-electron chi connectivity index (χ3n) is 4.50. The molecule has 1 aliphatic heterocycles. The summed E-state index contributed by atoms with van der Waals surface area (Å²) >= 11 is 0. The highest BCUT2D eigenvalue weighted by molar-refractivity contribution is 5.99. The van der Waals surface area contributed by atoms with Gasteiger partial charge in [-0.25, -0.2) is 0 Å². The molecule has 5 nitrogen and oxygen atoms in total. The van der Waals surface area contributed by atoms with Crippen LogP contribution < -0.4 is 15.5 Å². The van der Waals surface area contributed by atoms with Crippen molar-refractivity contribution in [3.05, 3.63) is 24.3 Å². The van der Waals surface area contributed by atoms with Gasteiger partial charge in [-0.1, -0.05) is 0 Å². The molecule has 1 saturated carbocycles. The van der Waals surface area contributed by atoms with E-state index in [1.807, 2.05) is 26.0 Å². The Morgan fingerprint density at radius 3 is 2.26 bits per heavy atom. The first kappa shape index (κ1) is 15.8. The maximum absolute atomic E-state index is 12.2. The molecule has 124 valence electrons. The lowest BCUT2D eigenvalue weighted by Crippen LogP contribution is -2.32. The van der Waals surface area contributed by atoms with E-state index in [1.54, 1.807) is 0 Å². The van der Waals surface area contributed by atoms with Gasteiger partial charge in [0.25, 0.3) is 0 Å². The highest BCUT2D eigenvalue weighted by Crippen LogP contribution is 2.39. The van der Waals surface area contributed by atoms with E-state index < -0.39 is 0 Å². The molecule has 1 saturated heterocycles. The second kappa shape index (κ2) is 6.60. The Bertz CT molecular complexity index is 576. The number of benzene rings is 1. The summed E-state index contributed by atoms with van der Waals surface area (Å²) in [5.41, 5.74) is 2.01. The SMILES string of the molecule is CC(C)NC(=O)C1CC1C(=O)Nc1ccc(N2CCCC2)cc1. The molecule has 5 heteroatoms. The van der Waals surface area contributed by atoms with Crippen LogP contribution in [-0.4, -0.2) is 30.9 Å². The summed E-state index contributed by atoms with van der Waals surface area (Å²) in [5.74, 6) is -0.416. The zero-order chi connectivity index (χ0) is 16.4. The van der Waals surface area contributed by atoms with Crippen molar-refractivity contribution in [2.24, 2.45) is 11.8 Å². The maximum Gasteiger partial charge on any atom is 0.228 e. The van der Waals surface area contributed by atoms with Gasteiger partial charge < -0.3 is 15.5 Å². The molecule has 2 fully saturated rings. The molecule has 2 atom stereocenters. The zero-order valence-corrected chi connectivity index (χ0v) is 13.8. The number of carbonyl (C=O) groups is 2. The molecular formula is C18H25N3O2. The molecule has 2 unspecified atom stereocenters. The van der Waals surface area contributed by atoms with Crippen molar-refractivity contribution in [3.8, 4) is 0 Å². The fourth-order valence-corrected chi connectivity index (χ4v) is 3.13. The summed E-state index contributed by atoms with van der Waals surface area (Å²) in [6.45, 7) is 6.08. The fourth-order valence-electron chi connectivity index (χ4n) is 3.13. The Balaban J connectivity index is 1.51. The fraction of sp³-hybridized carbons (Fsp3) is 0.556. The lowest BCUT2D eigenvalue weighted by atomic mass is 10.2. The minimum Gasteiger partial charge on any atom is -0.372 e. The van der Waals surface area contributed by atoms with Gasteiger partial charge in [0.05, 0.1) is 11.8 Å².